The smallest absolute Gasteiger partial charge is 0.211 e. The maximum absolute atomic E-state index is 12.0. The Hall–Kier alpha value is -0.960. The molecule has 0 aliphatic heterocycles. The largest absolute Gasteiger partial charge is 0.254 e. The van der Waals surface area contributed by atoms with E-state index in [1.165, 1.54) is 12.1 Å². The number of unbranched alkanes of at least 4 members (excludes halogenated alkanes) is 5. The van der Waals surface area contributed by atoms with Gasteiger partial charge >= 0.3 is 0 Å². The average Bonchev–Trinajstić information content (AvgIpc) is 2.49. The Morgan fingerprint density at radius 1 is 0.826 bits per heavy atom. The molecule has 1 aromatic carbocycles. The number of benzene rings is 1. The van der Waals surface area contributed by atoms with Crippen molar-refractivity contribution in [2.75, 3.05) is 5.75 Å². The Labute approximate surface area is 139 Å². The van der Waals surface area contributed by atoms with Crippen LogP contribution in [0.2, 0.25) is 0 Å². The van der Waals surface area contributed by atoms with Gasteiger partial charge in [0.1, 0.15) is 0 Å². The zero-order valence-corrected chi connectivity index (χ0v) is 15.3. The average molecular weight is 363 g/mol. The SMILES string of the molecule is CCCCCCCCS(=O)(=O)NNS(=O)(=O)c1ccc(C)cc1. The Kier molecular flexibility index (Phi) is 8.18. The molecule has 1 aromatic rings. The lowest BCUT2D eigenvalue weighted by Crippen LogP contribution is -2.42. The van der Waals surface area contributed by atoms with Crippen molar-refractivity contribution in [2.45, 2.75) is 57.3 Å². The number of rotatable bonds is 11. The number of aryl methyl sites for hydroxylation is 1. The second kappa shape index (κ2) is 9.36. The second-order valence-electron chi connectivity index (χ2n) is 5.61. The van der Waals surface area contributed by atoms with E-state index >= 15 is 0 Å². The van der Waals surface area contributed by atoms with Crippen molar-refractivity contribution >= 4 is 20.0 Å². The molecule has 0 unspecified atom stereocenters. The van der Waals surface area contributed by atoms with Crippen molar-refractivity contribution < 1.29 is 16.8 Å². The summed E-state index contributed by atoms with van der Waals surface area (Å²) in [5.74, 6) is -0.0878. The van der Waals surface area contributed by atoms with E-state index in [0.29, 0.717) is 6.42 Å². The van der Waals surface area contributed by atoms with Crippen molar-refractivity contribution in [1.82, 2.24) is 9.66 Å². The van der Waals surface area contributed by atoms with E-state index in [-0.39, 0.29) is 10.6 Å². The van der Waals surface area contributed by atoms with Gasteiger partial charge in [-0.25, -0.2) is 16.8 Å². The van der Waals surface area contributed by atoms with Crippen molar-refractivity contribution in [3.63, 3.8) is 0 Å². The number of nitrogens with one attached hydrogen (secondary N) is 2. The van der Waals surface area contributed by atoms with E-state index in [1.807, 2.05) is 16.6 Å². The van der Waals surface area contributed by atoms with Gasteiger partial charge in [-0.05, 0) is 25.5 Å². The molecule has 0 spiro atoms. The third-order valence-electron chi connectivity index (χ3n) is 3.43. The molecule has 0 radical (unpaired) electrons. The second-order valence-corrected chi connectivity index (χ2v) is 9.13. The molecule has 0 heterocycles. The molecule has 23 heavy (non-hydrogen) atoms. The molecule has 0 saturated carbocycles. The Balaban J connectivity index is 2.44. The predicted octanol–water partition coefficient (Wildman–Crippen LogP) is 2.47. The first-order valence-electron chi connectivity index (χ1n) is 7.85. The minimum absolute atomic E-state index is 0.0189. The maximum Gasteiger partial charge on any atom is 0.254 e. The summed E-state index contributed by atoms with van der Waals surface area (Å²) >= 11 is 0. The van der Waals surface area contributed by atoms with Gasteiger partial charge in [-0.15, -0.1) is 9.66 Å². The van der Waals surface area contributed by atoms with Crippen LogP contribution in [0.1, 0.15) is 51.0 Å². The standard InChI is InChI=1S/C15H26N2O4S2/c1-3-4-5-6-7-8-13-22(18,19)16-17-23(20,21)15-11-9-14(2)10-12-15/h9-12,16-17H,3-8,13H2,1-2H3. The normalized spacial score (nSPS) is 12.4. The van der Waals surface area contributed by atoms with Crippen molar-refractivity contribution in [3.05, 3.63) is 29.8 Å². The van der Waals surface area contributed by atoms with Gasteiger partial charge in [0.15, 0.2) is 0 Å². The van der Waals surface area contributed by atoms with Crippen molar-refractivity contribution in [2.24, 2.45) is 0 Å². The molecular weight excluding hydrogens is 336 g/mol. The van der Waals surface area contributed by atoms with E-state index < -0.39 is 20.0 Å². The minimum atomic E-state index is -3.89. The van der Waals surface area contributed by atoms with Crippen LogP contribution in [0.4, 0.5) is 0 Å². The topological polar surface area (TPSA) is 92.3 Å². The van der Waals surface area contributed by atoms with Crippen LogP contribution >= 0.6 is 0 Å². The molecule has 8 heteroatoms. The molecule has 0 bridgehead atoms. The number of hydrazine groups is 1. The molecule has 0 fully saturated rings. The van der Waals surface area contributed by atoms with Crippen LogP contribution in [0, 0.1) is 6.92 Å². The van der Waals surface area contributed by atoms with E-state index in [2.05, 4.69) is 6.92 Å². The molecule has 0 saturated heterocycles. The van der Waals surface area contributed by atoms with Crippen molar-refractivity contribution in [3.8, 4) is 0 Å². The third kappa shape index (κ3) is 7.92. The van der Waals surface area contributed by atoms with Gasteiger partial charge in [0.2, 0.25) is 10.0 Å². The predicted molar refractivity (Wildman–Crippen MR) is 91.8 cm³/mol. The first-order valence-corrected chi connectivity index (χ1v) is 11.0. The Bertz CT molecular complexity index is 668. The molecule has 0 aromatic heterocycles. The molecular formula is C15H26N2O4S2. The maximum atomic E-state index is 12.0. The first-order chi connectivity index (χ1) is 10.8. The van der Waals surface area contributed by atoms with Crippen LogP contribution in [0.3, 0.4) is 0 Å². The highest BCUT2D eigenvalue weighted by molar-refractivity contribution is 7.92. The summed E-state index contributed by atoms with van der Waals surface area (Å²) in [4.78, 5) is 3.90. The monoisotopic (exact) mass is 362 g/mol. The van der Waals surface area contributed by atoms with Gasteiger partial charge < -0.3 is 0 Å². The van der Waals surface area contributed by atoms with Crippen LogP contribution < -0.4 is 9.66 Å². The summed E-state index contributed by atoms with van der Waals surface area (Å²) in [6.45, 7) is 3.96. The molecule has 0 atom stereocenters. The first kappa shape index (κ1) is 20.1. The van der Waals surface area contributed by atoms with Gasteiger partial charge in [-0.1, -0.05) is 56.7 Å². The summed E-state index contributed by atoms with van der Waals surface area (Å²) in [5, 5.41) is 0. The molecule has 0 aliphatic carbocycles. The summed E-state index contributed by atoms with van der Waals surface area (Å²) in [6, 6.07) is 6.16. The highest BCUT2D eigenvalue weighted by atomic mass is 32.2. The van der Waals surface area contributed by atoms with Gasteiger partial charge in [0.25, 0.3) is 10.0 Å². The van der Waals surface area contributed by atoms with Crippen LogP contribution in [0.25, 0.3) is 0 Å². The fraction of sp³-hybridized carbons (Fsp3) is 0.600. The number of hydrogen-bond acceptors (Lipinski definition) is 4. The Morgan fingerprint density at radius 3 is 2.00 bits per heavy atom. The fourth-order valence-corrected chi connectivity index (χ4v) is 4.26. The quantitative estimate of drug-likeness (QED) is 0.467. The highest BCUT2D eigenvalue weighted by Crippen LogP contribution is 2.09. The van der Waals surface area contributed by atoms with E-state index in [4.69, 9.17) is 0 Å². The zero-order valence-electron chi connectivity index (χ0n) is 13.7. The van der Waals surface area contributed by atoms with Crippen molar-refractivity contribution in [1.29, 1.82) is 0 Å². The van der Waals surface area contributed by atoms with Gasteiger partial charge in [-0.3, -0.25) is 0 Å². The summed E-state index contributed by atoms with van der Waals surface area (Å²) in [5.41, 5.74) is 0.924. The molecule has 2 N–H and O–H groups in total. The molecule has 0 amide bonds. The van der Waals surface area contributed by atoms with E-state index in [0.717, 1.165) is 37.7 Å². The molecule has 132 valence electrons. The van der Waals surface area contributed by atoms with Crippen LogP contribution in [0.5, 0.6) is 0 Å². The zero-order chi connectivity index (χ0) is 17.3. The Morgan fingerprint density at radius 2 is 1.39 bits per heavy atom. The van der Waals surface area contributed by atoms with E-state index in [9.17, 15) is 16.8 Å². The van der Waals surface area contributed by atoms with Crippen LogP contribution in [0.15, 0.2) is 29.2 Å². The molecule has 0 aliphatic rings. The minimum Gasteiger partial charge on any atom is -0.211 e. The molecule has 1 rings (SSSR count). The lowest BCUT2D eigenvalue weighted by molar-refractivity contribution is 0.553. The summed E-state index contributed by atoms with van der Waals surface area (Å²) < 4.78 is 47.6. The van der Waals surface area contributed by atoms with Crippen LogP contribution in [-0.2, 0) is 20.0 Å². The number of sulfonamides is 2. The van der Waals surface area contributed by atoms with E-state index in [1.54, 1.807) is 12.1 Å². The highest BCUT2D eigenvalue weighted by Gasteiger charge is 2.17. The third-order valence-corrected chi connectivity index (χ3v) is 6.06. The number of hydrogen-bond donors (Lipinski definition) is 2. The fourth-order valence-electron chi connectivity index (χ4n) is 2.02. The summed E-state index contributed by atoms with van der Waals surface area (Å²) in [6.07, 6.45) is 5.74. The van der Waals surface area contributed by atoms with Crippen LogP contribution in [-0.4, -0.2) is 22.6 Å². The van der Waals surface area contributed by atoms with Gasteiger partial charge in [-0.2, -0.15) is 0 Å². The molecule has 6 nitrogen and oxygen atoms in total. The lowest BCUT2D eigenvalue weighted by atomic mass is 10.1. The lowest BCUT2D eigenvalue weighted by Gasteiger charge is -2.09. The van der Waals surface area contributed by atoms with Gasteiger partial charge in [0, 0.05) is 0 Å². The summed E-state index contributed by atoms with van der Waals surface area (Å²) in [7, 11) is -7.56. The van der Waals surface area contributed by atoms with Gasteiger partial charge in [0.05, 0.1) is 10.6 Å².